The van der Waals surface area contributed by atoms with Crippen LogP contribution in [0.1, 0.15) is 17.5 Å². The molecule has 1 fully saturated rings. The van der Waals surface area contributed by atoms with Gasteiger partial charge in [0.15, 0.2) is 0 Å². The lowest BCUT2D eigenvalue weighted by atomic mass is 10.0. The van der Waals surface area contributed by atoms with Crippen molar-refractivity contribution < 1.29 is 4.21 Å². The minimum absolute atomic E-state index is 0.567. The van der Waals surface area contributed by atoms with E-state index in [1.807, 2.05) is 12.3 Å². The normalized spacial score (nSPS) is 22.1. The Morgan fingerprint density at radius 1 is 1.58 bits per heavy atom. The Morgan fingerprint density at radius 2 is 2.37 bits per heavy atom. The van der Waals surface area contributed by atoms with E-state index in [9.17, 15) is 4.21 Å². The largest absolute Gasteiger partial charge is 0.260 e. The van der Waals surface area contributed by atoms with Gasteiger partial charge in [-0.3, -0.25) is 4.21 Å². The van der Waals surface area contributed by atoms with Gasteiger partial charge in [-0.1, -0.05) is 0 Å². The summed E-state index contributed by atoms with van der Waals surface area (Å²) in [6.45, 7) is 0. The molecular formula is C13H12BrN3OS. The first-order valence-corrected chi connectivity index (χ1v) is 8.36. The second kappa shape index (κ2) is 5.06. The van der Waals surface area contributed by atoms with Crippen molar-refractivity contribution in [2.75, 3.05) is 11.5 Å². The fraction of sp³-hybridized carbons (Fsp3) is 0.385. The lowest BCUT2D eigenvalue weighted by Crippen LogP contribution is -2.31. The number of halogens is 1. The van der Waals surface area contributed by atoms with E-state index in [2.05, 4.69) is 27.1 Å². The van der Waals surface area contributed by atoms with Crippen molar-refractivity contribution in [3.8, 4) is 6.07 Å². The fourth-order valence-corrected chi connectivity index (χ4v) is 4.33. The van der Waals surface area contributed by atoms with Crippen LogP contribution in [0.25, 0.3) is 5.52 Å². The summed E-state index contributed by atoms with van der Waals surface area (Å²) in [5.74, 6) is 2.30. The highest BCUT2D eigenvalue weighted by atomic mass is 79.9. The van der Waals surface area contributed by atoms with Gasteiger partial charge in [-0.25, -0.2) is 4.52 Å². The zero-order chi connectivity index (χ0) is 13.4. The maximum absolute atomic E-state index is 11.0. The second-order valence-corrected chi connectivity index (χ2v) is 7.24. The number of nitrogens with zero attached hydrogens (tertiary/aromatic N) is 3. The molecule has 0 saturated carbocycles. The van der Waals surface area contributed by atoms with Crippen molar-refractivity contribution in [3.63, 3.8) is 0 Å². The molecule has 0 atom stereocenters. The maximum atomic E-state index is 11.0. The summed E-state index contributed by atoms with van der Waals surface area (Å²) in [6, 6.07) is 4.19. The average Bonchev–Trinajstić information content (AvgIpc) is 2.76. The number of fused-ring (bicyclic) bond motifs is 1. The summed E-state index contributed by atoms with van der Waals surface area (Å²) in [7, 11) is -0.567. The zero-order valence-corrected chi connectivity index (χ0v) is 12.6. The Balaban J connectivity index is 1.81. The summed E-state index contributed by atoms with van der Waals surface area (Å²) in [5, 5.41) is 13.2. The van der Waals surface area contributed by atoms with Crippen LogP contribution in [0.2, 0.25) is 0 Å². The molecule has 1 aliphatic heterocycles. The second-order valence-electron chi connectivity index (χ2n) is 4.84. The Labute approximate surface area is 122 Å². The van der Waals surface area contributed by atoms with Gasteiger partial charge in [-0.15, -0.1) is 0 Å². The number of pyridine rings is 1. The summed E-state index contributed by atoms with van der Waals surface area (Å²) in [6.07, 6.45) is 5.57. The lowest BCUT2D eigenvalue weighted by molar-refractivity contribution is 0.545. The van der Waals surface area contributed by atoms with E-state index in [0.717, 1.165) is 34.3 Å². The highest BCUT2D eigenvalue weighted by Gasteiger charge is 2.24. The van der Waals surface area contributed by atoms with Crippen molar-refractivity contribution in [1.82, 2.24) is 9.61 Å². The van der Waals surface area contributed by atoms with Crippen LogP contribution >= 0.6 is 15.9 Å². The van der Waals surface area contributed by atoms with Crippen LogP contribution in [0, 0.1) is 17.2 Å². The predicted octanol–water partition coefficient (Wildman–Crippen LogP) is 2.28. The van der Waals surface area contributed by atoms with Crippen molar-refractivity contribution in [3.05, 3.63) is 34.1 Å². The van der Waals surface area contributed by atoms with Crippen molar-refractivity contribution >= 4 is 32.2 Å². The molecule has 1 aliphatic rings. The van der Waals surface area contributed by atoms with E-state index in [-0.39, 0.29) is 0 Å². The summed E-state index contributed by atoms with van der Waals surface area (Å²) in [5.41, 5.74) is 2.58. The number of nitriles is 1. The molecule has 6 heteroatoms. The van der Waals surface area contributed by atoms with Gasteiger partial charge in [-0.2, -0.15) is 10.4 Å². The first-order chi connectivity index (χ1) is 9.17. The zero-order valence-electron chi connectivity index (χ0n) is 10.2. The molecule has 2 aromatic heterocycles. The third kappa shape index (κ3) is 2.45. The molecule has 3 rings (SSSR count). The van der Waals surface area contributed by atoms with E-state index in [0.29, 0.717) is 11.5 Å². The van der Waals surface area contributed by atoms with E-state index >= 15 is 0 Å². The van der Waals surface area contributed by atoms with E-state index in [1.54, 1.807) is 10.7 Å². The molecule has 0 radical (unpaired) electrons. The Morgan fingerprint density at radius 3 is 3.05 bits per heavy atom. The molecule has 3 heterocycles. The molecule has 98 valence electrons. The van der Waals surface area contributed by atoms with E-state index < -0.39 is 10.8 Å². The van der Waals surface area contributed by atoms with E-state index in [4.69, 9.17) is 5.26 Å². The van der Waals surface area contributed by atoms with Gasteiger partial charge in [0.25, 0.3) is 0 Å². The van der Waals surface area contributed by atoms with Crippen LogP contribution in [-0.4, -0.2) is 25.3 Å². The summed E-state index contributed by atoms with van der Waals surface area (Å²) < 4.78 is 13.7. The first kappa shape index (κ1) is 12.8. The quantitative estimate of drug-likeness (QED) is 0.863. The lowest BCUT2D eigenvalue weighted by Gasteiger charge is -2.24. The smallest absolute Gasteiger partial charge is 0.103 e. The van der Waals surface area contributed by atoms with Gasteiger partial charge in [0.05, 0.1) is 17.3 Å². The van der Waals surface area contributed by atoms with Crippen LogP contribution in [0.4, 0.5) is 0 Å². The van der Waals surface area contributed by atoms with Gasteiger partial charge >= 0.3 is 0 Å². The van der Waals surface area contributed by atoms with Gasteiger partial charge < -0.3 is 0 Å². The van der Waals surface area contributed by atoms with Crippen molar-refractivity contribution in [1.29, 1.82) is 5.26 Å². The van der Waals surface area contributed by atoms with Gasteiger partial charge in [-0.05, 0) is 46.3 Å². The van der Waals surface area contributed by atoms with Crippen LogP contribution in [0.15, 0.2) is 22.9 Å². The maximum Gasteiger partial charge on any atom is 0.103 e. The predicted molar refractivity (Wildman–Crippen MR) is 77.3 cm³/mol. The molecule has 0 spiro atoms. The van der Waals surface area contributed by atoms with Crippen LogP contribution < -0.4 is 0 Å². The van der Waals surface area contributed by atoms with Crippen molar-refractivity contribution in [2.45, 2.75) is 12.8 Å². The van der Waals surface area contributed by atoms with E-state index in [1.165, 1.54) is 5.56 Å². The Bertz CT molecular complexity index is 696. The van der Waals surface area contributed by atoms with Gasteiger partial charge in [0, 0.05) is 33.0 Å². The van der Waals surface area contributed by atoms with Gasteiger partial charge in [0.2, 0.25) is 0 Å². The standard InChI is InChI=1S/C13H12BrN3OS/c14-12-3-9(1-2-10-7-19(18)8-10)6-17-13(12)11(4-15)5-16-17/h3,5-6,10H,1-2,7-8H2. The Hall–Kier alpha value is -1.19. The highest BCUT2D eigenvalue weighted by molar-refractivity contribution is 9.10. The molecule has 0 N–H and O–H groups in total. The molecule has 0 unspecified atom stereocenters. The summed E-state index contributed by atoms with van der Waals surface area (Å²) in [4.78, 5) is 0. The number of rotatable bonds is 3. The molecule has 0 aromatic carbocycles. The molecule has 0 bridgehead atoms. The third-order valence-electron chi connectivity index (χ3n) is 3.43. The van der Waals surface area contributed by atoms with Crippen molar-refractivity contribution in [2.24, 2.45) is 5.92 Å². The SMILES string of the molecule is N#Cc1cnn2cc(CCC3CS(=O)C3)cc(Br)c12. The number of hydrogen-bond donors (Lipinski definition) is 0. The number of aryl methyl sites for hydroxylation is 1. The molecule has 0 amide bonds. The third-order valence-corrected chi connectivity index (χ3v) is 5.72. The van der Waals surface area contributed by atoms with Gasteiger partial charge in [0.1, 0.15) is 6.07 Å². The minimum Gasteiger partial charge on any atom is -0.260 e. The topological polar surface area (TPSA) is 58.2 Å². The Kier molecular flexibility index (Phi) is 3.42. The number of aromatic nitrogens is 2. The highest BCUT2D eigenvalue weighted by Crippen LogP contribution is 2.25. The van der Waals surface area contributed by atoms with Crippen LogP contribution in [0.5, 0.6) is 0 Å². The molecule has 0 aliphatic carbocycles. The van der Waals surface area contributed by atoms with Crippen LogP contribution in [0.3, 0.4) is 0 Å². The molecule has 2 aromatic rings. The first-order valence-electron chi connectivity index (χ1n) is 6.08. The monoisotopic (exact) mass is 337 g/mol. The fourth-order valence-electron chi connectivity index (χ4n) is 2.36. The number of hydrogen-bond acceptors (Lipinski definition) is 3. The van der Waals surface area contributed by atoms with Crippen LogP contribution in [-0.2, 0) is 17.2 Å². The minimum atomic E-state index is -0.567. The average molecular weight is 338 g/mol. The summed E-state index contributed by atoms with van der Waals surface area (Å²) >= 11 is 3.51. The molecule has 1 saturated heterocycles. The molecule has 19 heavy (non-hydrogen) atoms. The molecule has 4 nitrogen and oxygen atoms in total. The molecular weight excluding hydrogens is 326 g/mol.